The molecule has 1 amide bonds. The predicted molar refractivity (Wildman–Crippen MR) is 55.6 cm³/mol. The first kappa shape index (κ1) is 10.2. The normalized spacial score (nSPS) is 17.7. The second-order valence-corrected chi connectivity index (χ2v) is 4.07. The lowest BCUT2D eigenvalue weighted by Crippen LogP contribution is -2.36. The van der Waals surface area contributed by atoms with Crippen LogP contribution in [0.3, 0.4) is 0 Å². The number of oxazole rings is 1. The van der Waals surface area contributed by atoms with E-state index in [0.717, 1.165) is 12.8 Å². The van der Waals surface area contributed by atoms with Gasteiger partial charge in [0.05, 0.1) is 0 Å². The predicted octanol–water partition coefficient (Wildman–Crippen LogP) is 2.05. The lowest BCUT2D eigenvalue weighted by Gasteiger charge is -2.22. The van der Waals surface area contributed by atoms with E-state index in [1.165, 1.54) is 25.7 Å². The second-order valence-electron chi connectivity index (χ2n) is 4.07. The molecule has 0 atom stereocenters. The average Bonchev–Trinajstić information content (AvgIpc) is 2.66. The average molecular weight is 208 g/mol. The van der Waals surface area contributed by atoms with Gasteiger partial charge in [-0.1, -0.05) is 19.3 Å². The Morgan fingerprint density at radius 2 is 2.20 bits per heavy atom. The largest absolute Gasteiger partial charge is 0.448 e. The Kier molecular flexibility index (Phi) is 3.04. The van der Waals surface area contributed by atoms with Gasteiger partial charge in [-0.2, -0.15) is 0 Å². The van der Waals surface area contributed by atoms with Crippen molar-refractivity contribution in [3.05, 3.63) is 17.8 Å². The molecule has 1 heterocycles. The Balaban J connectivity index is 1.94. The summed E-state index contributed by atoms with van der Waals surface area (Å²) in [5.74, 6) is 0.483. The highest BCUT2D eigenvalue weighted by molar-refractivity contribution is 5.93. The van der Waals surface area contributed by atoms with E-state index in [1.807, 2.05) is 0 Å². The topological polar surface area (TPSA) is 55.1 Å². The van der Waals surface area contributed by atoms with Crippen LogP contribution in [0.4, 0.5) is 0 Å². The van der Waals surface area contributed by atoms with Crippen LogP contribution in [-0.4, -0.2) is 16.9 Å². The van der Waals surface area contributed by atoms with Crippen molar-refractivity contribution in [2.24, 2.45) is 0 Å². The lowest BCUT2D eigenvalue weighted by molar-refractivity contribution is 0.0922. The standard InChI is InChI=1S/C11H16N2O2/c1-8-10(12-7-15-8)11(14)13-9-5-3-2-4-6-9/h7,9H,2-6H2,1H3,(H,13,14). The highest BCUT2D eigenvalue weighted by atomic mass is 16.3. The fourth-order valence-corrected chi connectivity index (χ4v) is 2.02. The Morgan fingerprint density at radius 3 is 2.80 bits per heavy atom. The molecule has 1 N–H and O–H groups in total. The number of nitrogens with zero attached hydrogens (tertiary/aromatic N) is 1. The Hall–Kier alpha value is -1.32. The first-order chi connectivity index (χ1) is 7.27. The highest BCUT2D eigenvalue weighted by Gasteiger charge is 2.19. The molecule has 1 aliphatic carbocycles. The van der Waals surface area contributed by atoms with Crippen LogP contribution in [0, 0.1) is 6.92 Å². The Labute approximate surface area is 89.1 Å². The Morgan fingerprint density at radius 1 is 1.47 bits per heavy atom. The van der Waals surface area contributed by atoms with Crippen LogP contribution in [0.25, 0.3) is 0 Å². The molecule has 4 heteroatoms. The van der Waals surface area contributed by atoms with Crippen molar-refractivity contribution in [3.63, 3.8) is 0 Å². The molecule has 82 valence electrons. The van der Waals surface area contributed by atoms with Crippen LogP contribution in [-0.2, 0) is 0 Å². The summed E-state index contributed by atoms with van der Waals surface area (Å²) in [6.07, 6.45) is 7.19. The van der Waals surface area contributed by atoms with E-state index in [4.69, 9.17) is 4.42 Å². The van der Waals surface area contributed by atoms with E-state index >= 15 is 0 Å². The van der Waals surface area contributed by atoms with Gasteiger partial charge in [0.1, 0.15) is 5.76 Å². The number of hydrogen-bond acceptors (Lipinski definition) is 3. The fraction of sp³-hybridized carbons (Fsp3) is 0.636. The molecule has 0 saturated heterocycles. The van der Waals surface area contributed by atoms with Crippen LogP contribution < -0.4 is 5.32 Å². The molecule has 4 nitrogen and oxygen atoms in total. The monoisotopic (exact) mass is 208 g/mol. The van der Waals surface area contributed by atoms with Crippen molar-refractivity contribution in [1.82, 2.24) is 10.3 Å². The van der Waals surface area contributed by atoms with E-state index in [0.29, 0.717) is 17.5 Å². The van der Waals surface area contributed by atoms with Crippen LogP contribution in [0.5, 0.6) is 0 Å². The molecule has 1 aromatic rings. The molecule has 0 bridgehead atoms. The summed E-state index contributed by atoms with van der Waals surface area (Å²) in [5.41, 5.74) is 0.417. The molecule has 15 heavy (non-hydrogen) atoms. The molecule has 1 fully saturated rings. The number of aryl methyl sites for hydroxylation is 1. The van der Waals surface area contributed by atoms with E-state index in [9.17, 15) is 4.79 Å². The van der Waals surface area contributed by atoms with Crippen LogP contribution in [0.2, 0.25) is 0 Å². The molecule has 2 rings (SSSR count). The molecular formula is C11H16N2O2. The van der Waals surface area contributed by atoms with Crippen molar-refractivity contribution in [2.75, 3.05) is 0 Å². The van der Waals surface area contributed by atoms with Gasteiger partial charge < -0.3 is 9.73 Å². The minimum atomic E-state index is -0.104. The zero-order valence-electron chi connectivity index (χ0n) is 8.95. The molecule has 0 unspecified atom stereocenters. The molecule has 1 saturated carbocycles. The maximum absolute atomic E-state index is 11.8. The van der Waals surface area contributed by atoms with Crippen LogP contribution >= 0.6 is 0 Å². The summed E-state index contributed by atoms with van der Waals surface area (Å²) in [7, 11) is 0. The zero-order valence-corrected chi connectivity index (χ0v) is 8.95. The molecule has 0 radical (unpaired) electrons. The summed E-state index contributed by atoms with van der Waals surface area (Å²) in [6, 6.07) is 0.322. The lowest BCUT2D eigenvalue weighted by atomic mass is 9.95. The van der Waals surface area contributed by atoms with E-state index in [-0.39, 0.29) is 5.91 Å². The highest BCUT2D eigenvalue weighted by Crippen LogP contribution is 2.18. The van der Waals surface area contributed by atoms with E-state index < -0.39 is 0 Å². The quantitative estimate of drug-likeness (QED) is 0.809. The Bertz CT molecular complexity index is 340. The minimum absolute atomic E-state index is 0.104. The van der Waals surface area contributed by atoms with Crippen molar-refractivity contribution in [3.8, 4) is 0 Å². The van der Waals surface area contributed by atoms with Crippen molar-refractivity contribution in [1.29, 1.82) is 0 Å². The summed E-state index contributed by atoms with van der Waals surface area (Å²) >= 11 is 0. The first-order valence-electron chi connectivity index (χ1n) is 5.48. The third-order valence-electron chi connectivity index (χ3n) is 2.90. The minimum Gasteiger partial charge on any atom is -0.448 e. The van der Waals surface area contributed by atoms with Gasteiger partial charge in [0.25, 0.3) is 5.91 Å². The van der Waals surface area contributed by atoms with Gasteiger partial charge in [-0.3, -0.25) is 4.79 Å². The SMILES string of the molecule is Cc1ocnc1C(=O)NC1CCCCC1. The van der Waals surface area contributed by atoms with E-state index in [2.05, 4.69) is 10.3 Å². The van der Waals surface area contributed by atoms with Crippen LogP contribution in [0.15, 0.2) is 10.8 Å². The van der Waals surface area contributed by atoms with Gasteiger partial charge in [0, 0.05) is 6.04 Å². The van der Waals surface area contributed by atoms with Gasteiger partial charge in [-0.05, 0) is 19.8 Å². The number of carbonyl (C=O) groups is 1. The second kappa shape index (κ2) is 4.47. The maximum atomic E-state index is 11.8. The van der Waals surface area contributed by atoms with Gasteiger partial charge in [-0.25, -0.2) is 4.98 Å². The molecular weight excluding hydrogens is 192 g/mol. The third kappa shape index (κ3) is 2.37. The third-order valence-corrected chi connectivity index (χ3v) is 2.90. The van der Waals surface area contributed by atoms with Crippen molar-refractivity contribution >= 4 is 5.91 Å². The zero-order chi connectivity index (χ0) is 10.7. The maximum Gasteiger partial charge on any atom is 0.273 e. The summed E-state index contributed by atoms with van der Waals surface area (Å²) in [5, 5.41) is 3.00. The summed E-state index contributed by atoms with van der Waals surface area (Å²) in [6.45, 7) is 1.75. The van der Waals surface area contributed by atoms with Gasteiger partial charge in [-0.15, -0.1) is 0 Å². The van der Waals surface area contributed by atoms with E-state index in [1.54, 1.807) is 6.92 Å². The van der Waals surface area contributed by atoms with Gasteiger partial charge in [0.2, 0.25) is 0 Å². The number of amides is 1. The smallest absolute Gasteiger partial charge is 0.273 e. The first-order valence-corrected chi connectivity index (χ1v) is 5.48. The number of rotatable bonds is 2. The van der Waals surface area contributed by atoms with Crippen molar-refractivity contribution in [2.45, 2.75) is 45.1 Å². The molecule has 1 aliphatic rings. The summed E-state index contributed by atoms with van der Waals surface area (Å²) < 4.78 is 5.00. The molecule has 0 aromatic carbocycles. The number of nitrogens with one attached hydrogen (secondary N) is 1. The molecule has 0 spiro atoms. The fourth-order valence-electron chi connectivity index (χ4n) is 2.02. The molecule has 1 aromatic heterocycles. The van der Waals surface area contributed by atoms with Gasteiger partial charge >= 0.3 is 0 Å². The van der Waals surface area contributed by atoms with Gasteiger partial charge in [0.15, 0.2) is 12.1 Å². The summed E-state index contributed by atoms with van der Waals surface area (Å²) in [4.78, 5) is 15.7. The number of aromatic nitrogens is 1. The molecule has 0 aliphatic heterocycles. The number of hydrogen-bond donors (Lipinski definition) is 1. The van der Waals surface area contributed by atoms with Crippen molar-refractivity contribution < 1.29 is 9.21 Å². The number of carbonyl (C=O) groups excluding carboxylic acids is 1. The van der Waals surface area contributed by atoms with Crippen LogP contribution in [0.1, 0.15) is 48.4 Å².